The number of hydrogen-bond acceptors (Lipinski definition) is 3. The Hall–Kier alpha value is -3.16. The Morgan fingerprint density at radius 1 is 1.08 bits per heavy atom. The van der Waals surface area contributed by atoms with Gasteiger partial charge in [-0.25, -0.2) is 4.68 Å². The normalized spacial score (nSPS) is 11.4. The molecule has 134 valence electrons. The van der Waals surface area contributed by atoms with Crippen LogP contribution >= 0.6 is 0 Å². The molecule has 0 spiro atoms. The highest BCUT2D eigenvalue weighted by Crippen LogP contribution is 2.29. The molecule has 0 aliphatic heterocycles. The largest absolute Gasteiger partial charge is 0.416 e. The number of alkyl halides is 3. The van der Waals surface area contributed by atoms with Crippen LogP contribution in [0.15, 0.2) is 54.7 Å². The maximum absolute atomic E-state index is 12.6. The van der Waals surface area contributed by atoms with E-state index in [1.54, 1.807) is 35.1 Å². The summed E-state index contributed by atoms with van der Waals surface area (Å²) in [5.41, 5.74) is 2.14. The van der Waals surface area contributed by atoms with Crippen molar-refractivity contribution in [2.45, 2.75) is 19.6 Å². The first-order chi connectivity index (χ1) is 12.3. The third-order valence-electron chi connectivity index (χ3n) is 3.67. The summed E-state index contributed by atoms with van der Waals surface area (Å²) in [6.07, 6.45) is -2.63. The summed E-state index contributed by atoms with van der Waals surface area (Å²) in [5, 5.41) is 10.8. The van der Waals surface area contributed by atoms with Crippen LogP contribution in [-0.4, -0.2) is 20.9 Å². The molecule has 2 aromatic carbocycles. The fourth-order valence-corrected chi connectivity index (χ4v) is 2.42. The first kappa shape index (κ1) is 17.7. The van der Waals surface area contributed by atoms with Crippen LogP contribution in [-0.2, 0) is 17.5 Å². The summed E-state index contributed by atoms with van der Waals surface area (Å²) in [6, 6.07) is 12.1. The first-order valence-electron chi connectivity index (χ1n) is 7.75. The number of halogens is 3. The van der Waals surface area contributed by atoms with Crippen LogP contribution in [0.5, 0.6) is 0 Å². The summed E-state index contributed by atoms with van der Waals surface area (Å²) < 4.78 is 39.3. The number of rotatable bonds is 4. The number of benzene rings is 2. The highest BCUT2D eigenvalue weighted by atomic mass is 19.4. The zero-order valence-electron chi connectivity index (χ0n) is 13.8. The number of nitrogens with zero attached hydrogens (tertiary/aromatic N) is 3. The minimum atomic E-state index is -4.34. The Kier molecular flexibility index (Phi) is 4.75. The van der Waals surface area contributed by atoms with Gasteiger partial charge in [0, 0.05) is 18.2 Å². The molecule has 0 atom stereocenters. The van der Waals surface area contributed by atoms with Gasteiger partial charge in [0.05, 0.1) is 18.3 Å². The molecule has 0 unspecified atom stereocenters. The van der Waals surface area contributed by atoms with Crippen molar-refractivity contribution in [3.63, 3.8) is 0 Å². The number of aromatic nitrogens is 3. The molecule has 5 nitrogen and oxygen atoms in total. The first-order valence-corrected chi connectivity index (χ1v) is 7.75. The molecule has 0 aliphatic rings. The van der Waals surface area contributed by atoms with E-state index in [9.17, 15) is 18.0 Å². The third kappa shape index (κ3) is 4.27. The maximum Gasteiger partial charge on any atom is 0.416 e. The van der Waals surface area contributed by atoms with Gasteiger partial charge in [0.15, 0.2) is 0 Å². The second kappa shape index (κ2) is 6.99. The molecule has 1 heterocycles. The van der Waals surface area contributed by atoms with Crippen molar-refractivity contribution in [3.05, 3.63) is 65.9 Å². The minimum Gasteiger partial charge on any atom is -0.326 e. The number of nitrogens with one attached hydrogen (secondary N) is 1. The zero-order valence-corrected chi connectivity index (χ0v) is 13.8. The monoisotopic (exact) mass is 360 g/mol. The van der Waals surface area contributed by atoms with Crippen LogP contribution in [0.4, 0.5) is 18.9 Å². The van der Waals surface area contributed by atoms with Gasteiger partial charge in [-0.2, -0.15) is 13.2 Å². The summed E-state index contributed by atoms with van der Waals surface area (Å²) in [7, 11) is 0. The average Bonchev–Trinajstić information content (AvgIpc) is 3.03. The smallest absolute Gasteiger partial charge is 0.326 e. The van der Waals surface area contributed by atoms with Crippen LogP contribution in [0.1, 0.15) is 18.1 Å². The molecule has 3 rings (SSSR count). The molecular formula is C18H15F3N4O. The van der Waals surface area contributed by atoms with Crippen LogP contribution in [0.2, 0.25) is 0 Å². The molecule has 0 aliphatic carbocycles. The van der Waals surface area contributed by atoms with E-state index in [1.807, 2.05) is 0 Å². The molecule has 3 aromatic rings. The van der Waals surface area contributed by atoms with E-state index < -0.39 is 11.7 Å². The molecule has 0 saturated heterocycles. The van der Waals surface area contributed by atoms with E-state index in [1.165, 1.54) is 19.1 Å². The standard InChI is InChI=1S/C18H15F3N4O/c1-12(26)22-16-8-4-14(5-9-16)17-11-25(24-23-17)10-13-2-6-15(7-3-13)18(19,20)21/h2-9,11H,10H2,1H3,(H,22,26). The number of carbonyl (C=O) groups excluding carboxylic acids is 1. The van der Waals surface area contributed by atoms with Gasteiger partial charge in [-0.15, -0.1) is 5.10 Å². The van der Waals surface area contributed by atoms with Crippen LogP contribution < -0.4 is 5.32 Å². The third-order valence-corrected chi connectivity index (χ3v) is 3.67. The molecule has 26 heavy (non-hydrogen) atoms. The molecule has 0 saturated carbocycles. The van der Waals surface area contributed by atoms with E-state index in [0.29, 0.717) is 23.5 Å². The second-order valence-electron chi connectivity index (χ2n) is 5.75. The maximum atomic E-state index is 12.6. The zero-order chi connectivity index (χ0) is 18.7. The van der Waals surface area contributed by atoms with Crippen molar-refractivity contribution < 1.29 is 18.0 Å². The highest BCUT2D eigenvalue weighted by molar-refractivity contribution is 5.88. The average molecular weight is 360 g/mol. The van der Waals surface area contributed by atoms with Crippen molar-refractivity contribution >= 4 is 11.6 Å². The fourth-order valence-electron chi connectivity index (χ4n) is 2.42. The summed E-state index contributed by atoms with van der Waals surface area (Å²) in [6.45, 7) is 1.75. The van der Waals surface area contributed by atoms with E-state index in [-0.39, 0.29) is 5.91 Å². The van der Waals surface area contributed by atoms with E-state index >= 15 is 0 Å². The van der Waals surface area contributed by atoms with E-state index in [4.69, 9.17) is 0 Å². The summed E-state index contributed by atoms with van der Waals surface area (Å²) in [4.78, 5) is 11.0. The lowest BCUT2D eigenvalue weighted by molar-refractivity contribution is -0.137. The van der Waals surface area contributed by atoms with Crippen LogP contribution in [0.25, 0.3) is 11.3 Å². The van der Waals surface area contributed by atoms with Crippen molar-refractivity contribution in [2.75, 3.05) is 5.32 Å². The lowest BCUT2D eigenvalue weighted by Crippen LogP contribution is -2.05. The number of amides is 1. The predicted molar refractivity (Wildman–Crippen MR) is 90.3 cm³/mol. The lowest BCUT2D eigenvalue weighted by atomic mass is 10.1. The van der Waals surface area contributed by atoms with Gasteiger partial charge in [-0.1, -0.05) is 29.5 Å². The molecular weight excluding hydrogens is 345 g/mol. The minimum absolute atomic E-state index is 0.153. The fraction of sp³-hybridized carbons (Fsp3) is 0.167. The molecule has 1 aromatic heterocycles. The van der Waals surface area contributed by atoms with Crippen molar-refractivity contribution in [1.29, 1.82) is 0 Å². The Balaban J connectivity index is 1.70. The number of carbonyl (C=O) groups is 1. The van der Waals surface area contributed by atoms with Gasteiger partial charge >= 0.3 is 6.18 Å². The predicted octanol–water partition coefficient (Wildman–Crippen LogP) is 3.97. The lowest BCUT2D eigenvalue weighted by Gasteiger charge is -2.07. The Labute approximate surface area is 147 Å². The molecule has 0 fully saturated rings. The van der Waals surface area contributed by atoms with Gasteiger partial charge in [0.2, 0.25) is 5.91 Å². The van der Waals surface area contributed by atoms with Crippen LogP contribution in [0, 0.1) is 0 Å². The summed E-state index contributed by atoms with van der Waals surface area (Å²) >= 11 is 0. The number of anilines is 1. The molecule has 1 amide bonds. The Morgan fingerprint density at radius 3 is 2.31 bits per heavy atom. The van der Waals surface area contributed by atoms with Gasteiger partial charge in [-0.3, -0.25) is 4.79 Å². The van der Waals surface area contributed by atoms with Crippen molar-refractivity contribution in [1.82, 2.24) is 15.0 Å². The van der Waals surface area contributed by atoms with Crippen molar-refractivity contribution in [3.8, 4) is 11.3 Å². The molecule has 1 N–H and O–H groups in total. The number of hydrogen-bond donors (Lipinski definition) is 1. The van der Waals surface area contributed by atoms with E-state index in [0.717, 1.165) is 17.7 Å². The van der Waals surface area contributed by atoms with Gasteiger partial charge in [0.25, 0.3) is 0 Å². The topological polar surface area (TPSA) is 59.8 Å². The van der Waals surface area contributed by atoms with Crippen molar-refractivity contribution in [2.24, 2.45) is 0 Å². The van der Waals surface area contributed by atoms with Gasteiger partial charge in [-0.05, 0) is 29.8 Å². The van der Waals surface area contributed by atoms with Gasteiger partial charge in [0.1, 0.15) is 5.69 Å². The highest BCUT2D eigenvalue weighted by Gasteiger charge is 2.29. The molecule has 8 heteroatoms. The Bertz CT molecular complexity index is 899. The SMILES string of the molecule is CC(=O)Nc1ccc(-c2cn(Cc3ccc(C(F)(F)F)cc3)nn2)cc1. The second-order valence-corrected chi connectivity index (χ2v) is 5.75. The molecule has 0 bridgehead atoms. The van der Waals surface area contributed by atoms with E-state index in [2.05, 4.69) is 15.6 Å². The van der Waals surface area contributed by atoms with Crippen LogP contribution in [0.3, 0.4) is 0 Å². The quantitative estimate of drug-likeness (QED) is 0.766. The Morgan fingerprint density at radius 2 is 1.73 bits per heavy atom. The summed E-state index contributed by atoms with van der Waals surface area (Å²) in [5.74, 6) is -0.153. The van der Waals surface area contributed by atoms with Gasteiger partial charge < -0.3 is 5.32 Å². The molecule has 0 radical (unpaired) electrons.